The van der Waals surface area contributed by atoms with Gasteiger partial charge in [0.05, 0.1) is 10.6 Å². The number of nitrogens with one attached hydrogen (secondary N) is 1. The third-order valence-corrected chi connectivity index (χ3v) is 7.02. The van der Waals surface area contributed by atoms with Gasteiger partial charge in [-0.05, 0) is 61.9 Å². The van der Waals surface area contributed by atoms with E-state index in [1.807, 2.05) is 42.5 Å². The summed E-state index contributed by atoms with van der Waals surface area (Å²) in [6, 6.07) is 18.9. The fourth-order valence-electron chi connectivity index (χ4n) is 2.87. The van der Waals surface area contributed by atoms with Gasteiger partial charge in [-0.25, -0.2) is 8.42 Å². The van der Waals surface area contributed by atoms with Crippen molar-refractivity contribution >= 4 is 15.9 Å². The van der Waals surface area contributed by atoms with Gasteiger partial charge in [-0.1, -0.05) is 24.3 Å². The average molecular weight is 454 g/mol. The minimum absolute atomic E-state index is 0.0933. The number of pyridine rings is 1. The van der Waals surface area contributed by atoms with E-state index in [9.17, 15) is 13.2 Å². The van der Waals surface area contributed by atoms with Crippen LogP contribution in [-0.4, -0.2) is 36.7 Å². The lowest BCUT2D eigenvalue weighted by Gasteiger charge is -2.21. The summed E-state index contributed by atoms with van der Waals surface area (Å²) < 4.78 is 32.4. The molecule has 0 spiro atoms. The topological polar surface area (TPSA) is 88.6 Å². The number of hydrogen-bond donors (Lipinski definition) is 1. The maximum atomic E-state index is 12.7. The van der Waals surface area contributed by atoms with E-state index in [-0.39, 0.29) is 16.8 Å². The Balaban J connectivity index is 1.59. The number of carbonyl (C=O) groups is 1. The smallest absolute Gasteiger partial charge is 0.251 e. The van der Waals surface area contributed by atoms with Crippen LogP contribution in [0, 0.1) is 0 Å². The SMILES string of the molecule is CC(C)N(C)S(=O)(=O)c1cccc(C(=O)NCc2ccc(OCc3ccccn3)cc2)c1. The summed E-state index contributed by atoms with van der Waals surface area (Å²) in [5, 5.41) is 2.83. The van der Waals surface area contributed by atoms with Crippen molar-refractivity contribution in [1.29, 1.82) is 0 Å². The molecule has 0 unspecified atom stereocenters. The van der Waals surface area contributed by atoms with Gasteiger partial charge in [0.1, 0.15) is 12.4 Å². The van der Waals surface area contributed by atoms with E-state index in [1.165, 1.54) is 23.5 Å². The van der Waals surface area contributed by atoms with Gasteiger partial charge >= 0.3 is 0 Å². The largest absolute Gasteiger partial charge is 0.487 e. The van der Waals surface area contributed by atoms with Crippen molar-refractivity contribution in [3.8, 4) is 5.75 Å². The van der Waals surface area contributed by atoms with E-state index in [2.05, 4.69) is 10.3 Å². The first kappa shape index (κ1) is 23.4. The van der Waals surface area contributed by atoms with Crippen molar-refractivity contribution in [2.75, 3.05) is 7.05 Å². The molecule has 0 fully saturated rings. The molecule has 2 aromatic carbocycles. The molecule has 1 heterocycles. The highest BCUT2D eigenvalue weighted by Gasteiger charge is 2.23. The van der Waals surface area contributed by atoms with Crippen LogP contribution in [0.1, 0.15) is 35.5 Å². The summed E-state index contributed by atoms with van der Waals surface area (Å²) in [7, 11) is -2.13. The van der Waals surface area contributed by atoms with Crippen LogP contribution in [-0.2, 0) is 23.2 Å². The van der Waals surface area contributed by atoms with Crippen LogP contribution in [0.2, 0.25) is 0 Å². The van der Waals surface area contributed by atoms with Crippen LogP contribution in [0.5, 0.6) is 5.75 Å². The van der Waals surface area contributed by atoms with Gasteiger partial charge in [0.25, 0.3) is 5.91 Å². The molecule has 0 atom stereocenters. The number of carbonyl (C=O) groups excluding carboxylic acids is 1. The van der Waals surface area contributed by atoms with Crippen molar-refractivity contribution in [2.24, 2.45) is 0 Å². The Morgan fingerprint density at radius 1 is 1.06 bits per heavy atom. The number of benzene rings is 2. The van der Waals surface area contributed by atoms with Crippen molar-refractivity contribution in [3.05, 3.63) is 89.7 Å². The van der Waals surface area contributed by atoms with Gasteiger partial charge in [0.2, 0.25) is 10.0 Å². The second kappa shape index (κ2) is 10.4. The quantitative estimate of drug-likeness (QED) is 0.535. The average Bonchev–Trinajstić information content (AvgIpc) is 2.82. The summed E-state index contributed by atoms with van der Waals surface area (Å²) in [5.74, 6) is 0.364. The number of hydrogen-bond acceptors (Lipinski definition) is 5. The number of rotatable bonds is 9. The second-order valence-electron chi connectivity index (χ2n) is 7.58. The highest BCUT2D eigenvalue weighted by Crippen LogP contribution is 2.18. The van der Waals surface area contributed by atoms with E-state index in [4.69, 9.17) is 4.74 Å². The van der Waals surface area contributed by atoms with Crippen LogP contribution in [0.4, 0.5) is 0 Å². The van der Waals surface area contributed by atoms with Crippen LogP contribution < -0.4 is 10.1 Å². The van der Waals surface area contributed by atoms with Gasteiger partial charge in [0, 0.05) is 31.4 Å². The number of aromatic nitrogens is 1. The molecule has 1 amide bonds. The minimum Gasteiger partial charge on any atom is -0.487 e. The van der Waals surface area contributed by atoms with Crippen LogP contribution in [0.15, 0.2) is 77.8 Å². The zero-order chi connectivity index (χ0) is 23.1. The minimum atomic E-state index is -3.66. The monoisotopic (exact) mass is 453 g/mol. The van der Waals surface area contributed by atoms with E-state index >= 15 is 0 Å². The Morgan fingerprint density at radius 3 is 2.47 bits per heavy atom. The third-order valence-electron chi connectivity index (χ3n) is 4.99. The molecule has 0 saturated carbocycles. The molecule has 7 nitrogen and oxygen atoms in total. The molecule has 32 heavy (non-hydrogen) atoms. The first-order chi connectivity index (χ1) is 15.3. The summed E-state index contributed by atoms with van der Waals surface area (Å²) in [6.45, 7) is 4.27. The highest BCUT2D eigenvalue weighted by molar-refractivity contribution is 7.89. The lowest BCUT2D eigenvalue weighted by Crippen LogP contribution is -2.33. The lowest BCUT2D eigenvalue weighted by molar-refractivity contribution is 0.0950. The van der Waals surface area contributed by atoms with Gasteiger partial charge in [-0.3, -0.25) is 9.78 Å². The predicted molar refractivity (Wildman–Crippen MR) is 123 cm³/mol. The van der Waals surface area contributed by atoms with E-state index in [0.717, 1.165) is 11.3 Å². The van der Waals surface area contributed by atoms with E-state index in [1.54, 1.807) is 32.2 Å². The summed E-state index contributed by atoms with van der Waals surface area (Å²) in [4.78, 5) is 16.9. The third kappa shape index (κ3) is 5.93. The van der Waals surface area contributed by atoms with Crippen molar-refractivity contribution in [2.45, 2.75) is 37.9 Å². The van der Waals surface area contributed by atoms with Crippen LogP contribution in [0.3, 0.4) is 0 Å². The Labute approximate surface area is 189 Å². The second-order valence-corrected chi connectivity index (χ2v) is 9.58. The number of amides is 1. The van der Waals surface area contributed by atoms with E-state index < -0.39 is 10.0 Å². The van der Waals surface area contributed by atoms with Gasteiger partial charge in [0.15, 0.2) is 0 Å². The lowest BCUT2D eigenvalue weighted by atomic mass is 10.2. The fraction of sp³-hybridized carbons (Fsp3) is 0.250. The van der Waals surface area contributed by atoms with Crippen LogP contribution in [0.25, 0.3) is 0 Å². The Morgan fingerprint density at radius 2 is 1.81 bits per heavy atom. The molecule has 0 radical (unpaired) electrons. The number of nitrogens with zero attached hydrogens (tertiary/aromatic N) is 2. The molecule has 0 bridgehead atoms. The Hall–Kier alpha value is -3.23. The Bertz CT molecular complexity index is 1150. The van der Waals surface area contributed by atoms with Gasteiger partial charge in [-0.15, -0.1) is 0 Å². The normalized spacial score (nSPS) is 11.5. The molecule has 3 rings (SSSR count). The standard InChI is InChI=1S/C24H27N3O4S/c1-18(2)27(3)32(29,30)23-9-6-7-20(15-23)24(28)26-16-19-10-12-22(13-11-19)31-17-21-8-4-5-14-25-21/h4-15,18H,16-17H2,1-3H3,(H,26,28). The summed E-state index contributed by atoms with van der Waals surface area (Å²) >= 11 is 0. The molecule has 168 valence electrons. The molecule has 8 heteroatoms. The highest BCUT2D eigenvalue weighted by atomic mass is 32.2. The number of ether oxygens (including phenoxy) is 1. The first-order valence-electron chi connectivity index (χ1n) is 10.3. The zero-order valence-corrected chi connectivity index (χ0v) is 19.2. The first-order valence-corrected chi connectivity index (χ1v) is 11.7. The predicted octanol–water partition coefficient (Wildman–Crippen LogP) is 3.62. The molecule has 3 aromatic rings. The Kier molecular flexibility index (Phi) is 7.61. The van der Waals surface area contributed by atoms with Crippen LogP contribution >= 0.6 is 0 Å². The molecular weight excluding hydrogens is 426 g/mol. The fourth-order valence-corrected chi connectivity index (χ4v) is 4.28. The van der Waals surface area contributed by atoms with Crippen molar-refractivity contribution in [1.82, 2.24) is 14.6 Å². The molecule has 0 aliphatic heterocycles. The summed E-state index contributed by atoms with van der Waals surface area (Å²) in [6.07, 6.45) is 1.72. The summed E-state index contributed by atoms with van der Waals surface area (Å²) in [5.41, 5.74) is 2.03. The molecule has 1 aromatic heterocycles. The molecular formula is C24H27N3O4S. The molecule has 0 aliphatic rings. The van der Waals surface area contributed by atoms with Crippen molar-refractivity contribution in [3.63, 3.8) is 0 Å². The molecule has 0 saturated heterocycles. The van der Waals surface area contributed by atoms with E-state index in [0.29, 0.717) is 24.5 Å². The van der Waals surface area contributed by atoms with Gasteiger partial charge < -0.3 is 10.1 Å². The number of sulfonamides is 1. The van der Waals surface area contributed by atoms with Crippen molar-refractivity contribution < 1.29 is 17.9 Å². The maximum Gasteiger partial charge on any atom is 0.251 e. The molecule has 0 aliphatic carbocycles. The molecule has 1 N–H and O–H groups in total. The zero-order valence-electron chi connectivity index (χ0n) is 18.4. The maximum absolute atomic E-state index is 12.7. The van der Waals surface area contributed by atoms with Gasteiger partial charge in [-0.2, -0.15) is 4.31 Å².